The number of nitrogens with one attached hydrogen (secondary N) is 3. The Bertz CT molecular complexity index is 1150. The van der Waals surface area contributed by atoms with Crippen molar-refractivity contribution in [2.45, 2.75) is 26.1 Å². The van der Waals surface area contributed by atoms with Gasteiger partial charge in [-0.25, -0.2) is 0 Å². The highest BCUT2D eigenvalue weighted by Gasteiger charge is 2.28. The monoisotopic (exact) mass is 469 g/mol. The van der Waals surface area contributed by atoms with Gasteiger partial charge < -0.3 is 10.6 Å². The second-order valence-electron chi connectivity index (χ2n) is 6.69. The molecule has 0 aliphatic heterocycles. The molecule has 0 aliphatic rings. The second-order valence-corrected chi connectivity index (χ2v) is 8.03. The maximum atomic E-state index is 12.9. The van der Waals surface area contributed by atoms with Crippen LogP contribution in [0.25, 0.3) is 10.7 Å². The number of H-pyrrole nitrogens is 1. The molecule has 0 saturated carbocycles. The fourth-order valence-electron chi connectivity index (χ4n) is 2.78. The summed E-state index contributed by atoms with van der Waals surface area (Å²) in [5.74, 6) is -0.802. The lowest BCUT2D eigenvalue weighted by atomic mass is 10.1. The number of thiophene rings is 1. The smallest absolute Gasteiger partial charge is 0.343 e. The Balaban J connectivity index is 1.80. The van der Waals surface area contributed by atoms with Gasteiger partial charge in [0, 0.05) is 11.3 Å². The van der Waals surface area contributed by atoms with Crippen molar-refractivity contribution in [3.8, 4) is 10.7 Å². The van der Waals surface area contributed by atoms with Gasteiger partial charge in [0.2, 0.25) is 5.91 Å². The highest BCUT2D eigenvalue weighted by Crippen LogP contribution is 2.26. The zero-order chi connectivity index (χ0) is 22.8. The molecule has 3 aromatic rings. The van der Waals surface area contributed by atoms with Crippen molar-refractivity contribution in [3.05, 3.63) is 51.6 Å². The van der Waals surface area contributed by atoms with Crippen molar-refractivity contribution in [2.75, 3.05) is 11.9 Å². The summed E-state index contributed by atoms with van der Waals surface area (Å²) in [5, 5.41) is 13.3. The van der Waals surface area contributed by atoms with Crippen LogP contribution in [0.5, 0.6) is 0 Å². The average Bonchev–Trinajstić information content (AvgIpc) is 3.36. The summed E-state index contributed by atoms with van der Waals surface area (Å²) in [6.45, 7) is 1.91. The number of hydrogen-bond acceptors (Lipinski definition) is 5. The highest BCUT2D eigenvalue weighted by molar-refractivity contribution is 7.71. The zero-order valence-corrected chi connectivity index (χ0v) is 18.0. The summed E-state index contributed by atoms with van der Waals surface area (Å²) in [6.07, 6.45) is -4.52. The molecule has 12 heteroatoms. The lowest BCUT2D eigenvalue weighted by Crippen LogP contribution is -2.33. The number of benzene rings is 1. The van der Waals surface area contributed by atoms with E-state index in [1.54, 1.807) is 24.5 Å². The van der Waals surface area contributed by atoms with Crippen molar-refractivity contribution in [1.29, 1.82) is 0 Å². The van der Waals surface area contributed by atoms with E-state index >= 15 is 0 Å². The normalized spacial score (nSPS) is 12.4. The molecule has 0 spiro atoms. The molecule has 164 valence electrons. The molecule has 0 saturated heterocycles. The molecular formula is C19H18F3N5O2S2. The number of carbonyl (C=O) groups excluding carboxylic acids is 2. The lowest BCUT2D eigenvalue weighted by Gasteiger charge is -2.17. The SMILES string of the molecule is Cc1ccc(C(=O)NCC(F)(F)F)cc1NC(=O)C(C)n1c(-c2cccs2)n[nH]c1=S. The summed E-state index contributed by atoms with van der Waals surface area (Å²) < 4.78 is 38.9. The fourth-order valence-corrected chi connectivity index (χ4v) is 3.78. The van der Waals surface area contributed by atoms with E-state index in [0.29, 0.717) is 17.1 Å². The van der Waals surface area contributed by atoms with Gasteiger partial charge in [0.1, 0.15) is 12.6 Å². The van der Waals surface area contributed by atoms with Gasteiger partial charge in [-0.1, -0.05) is 12.1 Å². The molecule has 31 heavy (non-hydrogen) atoms. The first kappa shape index (κ1) is 22.7. The van der Waals surface area contributed by atoms with E-state index in [-0.39, 0.29) is 10.3 Å². The maximum absolute atomic E-state index is 12.9. The van der Waals surface area contributed by atoms with Crippen molar-refractivity contribution in [2.24, 2.45) is 0 Å². The van der Waals surface area contributed by atoms with Gasteiger partial charge in [0.15, 0.2) is 10.6 Å². The Labute approximate surface area is 184 Å². The minimum atomic E-state index is -4.52. The minimum absolute atomic E-state index is 0.00278. The van der Waals surface area contributed by atoms with Crippen molar-refractivity contribution in [3.63, 3.8) is 0 Å². The summed E-state index contributed by atoms with van der Waals surface area (Å²) in [5.41, 5.74) is 0.948. The van der Waals surface area contributed by atoms with Gasteiger partial charge in [-0.2, -0.15) is 18.3 Å². The number of halogens is 3. The van der Waals surface area contributed by atoms with Crippen LogP contribution < -0.4 is 10.6 Å². The molecule has 0 aliphatic carbocycles. The fraction of sp³-hybridized carbons (Fsp3) is 0.263. The Morgan fingerprint density at radius 1 is 1.32 bits per heavy atom. The Hall–Kier alpha value is -2.99. The standard InChI is InChI=1S/C19H18F3N5O2S2/c1-10-5-6-12(17(29)23-9-19(20,21)22)8-13(10)24-16(28)11(2)27-15(25-26-18(27)30)14-4-3-7-31-14/h3-8,11H,9H2,1-2H3,(H,23,29)(H,24,28)(H,26,30). The lowest BCUT2D eigenvalue weighted by molar-refractivity contribution is -0.123. The van der Waals surface area contributed by atoms with Crippen molar-refractivity contribution >= 4 is 41.1 Å². The summed E-state index contributed by atoms with van der Waals surface area (Å²) in [4.78, 5) is 25.8. The average molecular weight is 470 g/mol. The van der Waals surface area contributed by atoms with E-state index < -0.39 is 30.6 Å². The van der Waals surface area contributed by atoms with Gasteiger partial charge in [-0.3, -0.25) is 19.3 Å². The maximum Gasteiger partial charge on any atom is 0.405 e. The Morgan fingerprint density at radius 3 is 2.71 bits per heavy atom. The number of aromatic amines is 1. The molecular weight excluding hydrogens is 451 g/mol. The number of nitrogens with zero attached hydrogens (tertiary/aromatic N) is 2. The van der Waals surface area contributed by atoms with E-state index in [9.17, 15) is 22.8 Å². The first-order valence-electron chi connectivity index (χ1n) is 9.04. The third kappa shape index (κ3) is 5.39. The van der Waals surface area contributed by atoms with Crippen LogP contribution in [-0.2, 0) is 4.79 Å². The number of carbonyl (C=O) groups is 2. The number of aromatic nitrogens is 3. The largest absolute Gasteiger partial charge is 0.405 e. The van der Waals surface area contributed by atoms with Gasteiger partial charge in [-0.05, 0) is 55.2 Å². The van der Waals surface area contributed by atoms with E-state index in [1.165, 1.54) is 23.5 Å². The molecule has 3 N–H and O–H groups in total. The first-order chi connectivity index (χ1) is 14.6. The third-order valence-electron chi connectivity index (χ3n) is 4.42. The third-order valence-corrected chi connectivity index (χ3v) is 5.57. The van der Waals surface area contributed by atoms with Crippen molar-refractivity contribution < 1.29 is 22.8 Å². The molecule has 2 aromatic heterocycles. The summed E-state index contributed by atoms with van der Waals surface area (Å²) in [7, 11) is 0. The van der Waals surface area contributed by atoms with Crippen LogP contribution in [0.2, 0.25) is 0 Å². The first-order valence-corrected chi connectivity index (χ1v) is 10.3. The number of alkyl halides is 3. The van der Waals surface area contributed by atoms with E-state index in [2.05, 4.69) is 15.5 Å². The molecule has 1 aromatic carbocycles. The highest BCUT2D eigenvalue weighted by atomic mass is 32.1. The van der Waals surface area contributed by atoms with Crippen LogP contribution in [0.1, 0.15) is 28.9 Å². The van der Waals surface area contributed by atoms with Gasteiger partial charge in [-0.15, -0.1) is 11.3 Å². The number of amides is 2. The molecule has 2 amide bonds. The summed E-state index contributed by atoms with van der Waals surface area (Å²) >= 11 is 6.72. The topological polar surface area (TPSA) is 91.8 Å². The van der Waals surface area contributed by atoms with E-state index in [1.807, 2.05) is 22.8 Å². The minimum Gasteiger partial charge on any atom is -0.343 e. The van der Waals surface area contributed by atoms with Gasteiger partial charge in [0.05, 0.1) is 4.88 Å². The summed E-state index contributed by atoms with van der Waals surface area (Å²) in [6, 6.07) is 7.23. The molecule has 3 rings (SSSR count). The van der Waals surface area contributed by atoms with E-state index in [0.717, 1.165) is 4.88 Å². The molecule has 1 unspecified atom stereocenters. The molecule has 0 bridgehead atoms. The number of anilines is 1. The molecule has 0 fully saturated rings. The quantitative estimate of drug-likeness (QED) is 0.465. The molecule has 2 heterocycles. The number of rotatable bonds is 6. The predicted octanol–water partition coefficient (Wildman–Crippen LogP) is 4.47. The van der Waals surface area contributed by atoms with Crippen LogP contribution in [0, 0.1) is 11.7 Å². The predicted molar refractivity (Wildman–Crippen MR) is 114 cm³/mol. The van der Waals surface area contributed by atoms with E-state index in [4.69, 9.17) is 12.2 Å². The van der Waals surface area contributed by atoms with Gasteiger partial charge in [0.25, 0.3) is 5.91 Å². The van der Waals surface area contributed by atoms with Crippen LogP contribution >= 0.6 is 23.6 Å². The molecule has 0 radical (unpaired) electrons. The van der Waals surface area contributed by atoms with Gasteiger partial charge >= 0.3 is 6.18 Å². The molecule has 1 atom stereocenters. The van der Waals surface area contributed by atoms with Crippen LogP contribution in [0.15, 0.2) is 35.7 Å². The Kier molecular flexibility index (Phi) is 6.60. The Morgan fingerprint density at radius 2 is 2.06 bits per heavy atom. The number of hydrogen-bond donors (Lipinski definition) is 3. The van der Waals surface area contributed by atoms with Crippen LogP contribution in [0.4, 0.5) is 18.9 Å². The zero-order valence-electron chi connectivity index (χ0n) is 16.4. The number of aryl methyl sites for hydroxylation is 1. The van der Waals surface area contributed by atoms with Crippen LogP contribution in [-0.4, -0.2) is 39.3 Å². The van der Waals surface area contributed by atoms with Crippen LogP contribution in [0.3, 0.4) is 0 Å². The second kappa shape index (κ2) is 9.02. The molecule has 7 nitrogen and oxygen atoms in total. The van der Waals surface area contributed by atoms with Crippen molar-refractivity contribution in [1.82, 2.24) is 20.1 Å².